The highest BCUT2D eigenvalue weighted by molar-refractivity contribution is 8.43. The lowest BCUT2D eigenvalue weighted by Crippen LogP contribution is -1.92. The van der Waals surface area contributed by atoms with Gasteiger partial charge in [0.2, 0.25) is 0 Å². The molecule has 0 saturated carbocycles. The first-order valence-corrected chi connectivity index (χ1v) is 9.88. The maximum absolute atomic E-state index is 2.19. The van der Waals surface area contributed by atoms with Crippen molar-refractivity contribution in [2.24, 2.45) is 0 Å². The third kappa shape index (κ3) is 2.60. The Kier molecular flexibility index (Phi) is 4.04. The number of hydrogen-bond acceptors (Lipinski definition) is 6. The van der Waals surface area contributed by atoms with Crippen LogP contribution in [0.1, 0.15) is 6.42 Å². The lowest BCUT2D eigenvalue weighted by molar-refractivity contribution is 1.12. The van der Waals surface area contributed by atoms with Crippen molar-refractivity contribution in [1.82, 2.24) is 0 Å². The van der Waals surface area contributed by atoms with Gasteiger partial charge in [-0.15, -0.1) is 23.5 Å². The van der Waals surface area contributed by atoms with E-state index < -0.39 is 0 Å². The van der Waals surface area contributed by atoms with E-state index in [1.54, 1.807) is 4.24 Å². The van der Waals surface area contributed by atoms with Crippen molar-refractivity contribution in [3.05, 3.63) is 27.8 Å². The highest BCUT2D eigenvalue weighted by Crippen LogP contribution is 2.62. The predicted octanol–water partition coefficient (Wildman–Crippen LogP) is 5.54. The van der Waals surface area contributed by atoms with Crippen molar-refractivity contribution in [2.45, 2.75) is 6.42 Å². The first-order chi connectivity index (χ1) is 7.43. The molecule has 3 heterocycles. The molecule has 0 bridgehead atoms. The molecule has 3 aliphatic heterocycles. The first kappa shape index (κ1) is 11.4. The van der Waals surface area contributed by atoms with E-state index in [0.29, 0.717) is 0 Å². The van der Waals surface area contributed by atoms with E-state index in [1.165, 1.54) is 30.6 Å². The molecule has 0 spiro atoms. The van der Waals surface area contributed by atoms with Crippen LogP contribution in [0.4, 0.5) is 0 Å². The maximum atomic E-state index is 2.19. The third-order valence-electron chi connectivity index (χ3n) is 1.86. The van der Waals surface area contributed by atoms with E-state index in [1.807, 2.05) is 70.6 Å². The van der Waals surface area contributed by atoms with Gasteiger partial charge in [0.15, 0.2) is 0 Å². The SMILES string of the molecule is C1=CSC2=C(S1)SC(=C1SCCCS1)S2. The standard InChI is InChI=1S/C9H8S6/c1-2-10-6(11-3-1)9-14-7-8(15-9)13-5-4-12-7/h4-5H,1-3H2. The van der Waals surface area contributed by atoms with E-state index >= 15 is 0 Å². The van der Waals surface area contributed by atoms with Gasteiger partial charge in [0.05, 0.1) is 16.9 Å². The van der Waals surface area contributed by atoms with Crippen molar-refractivity contribution >= 4 is 70.6 Å². The van der Waals surface area contributed by atoms with Crippen LogP contribution >= 0.6 is 70.6 Å². The Morgan fingerprint density at radius 1 is 0.733 bits per heavy atom. The van der Waals surface area contributed by atoms with Gasteiger partial charge in [-0.3, -0.25) is 0 Å². The minimum Gasteiger partial charge on any atom is -0.118 e. The topological polar surface area (TPSA) is 0 Å². The van der Waals surface area contributed by atoms with Crippen molar-refractivity contribution < 1.29 is 0 Å². The van der Waals surface area contributed by atoms with Crippen LogP contribution in [0.25, 0.3) is 0 Å². The molecule has 3 aliphatic rings. The van der Waals surface area contributed by atoms with Crippen molar-refractivity contribution in [2.75, 3.05) is 11.5 Å². The number of rotatable bonds is 0. The van der Waals surface area contributed by atoms with Crippen LogP contribution in [-0.2, 0) is 0 Å². The minimum atomic E-state index is 1.30. The second-order valence-corrected chi connectivity index (χ2v) is 10.0. The average Bonchev–Trinajstić information content (AvgIpc) is 2.74. The van der Waals surface area contributed by atoms with Gasteiger partial charge in [0, 0.05) is 0 Å². The van der Waals surface area contributed by atoms with Crippen LogP contribution in [0.5, 0.6) is 0 Å². The summed E-state index contributed by atoms with van der Waals surface area (Å²) in [7, 11) is 0. The highest BCUT2D eigenvalue weighted by atomic mass is 32.3. The van der Waals surface area contributed by atoms with Gasteiger partial charge in [-0.2, -0.15) is 0 Å². The van der Waals surface area contributed by atoms with Gasteiger partial charge in [-0.05, 0) is 28.7 Å². The van der Waals surface area contributed by atoms with Crippen molar-refractivity contribution in [3.8, 4) is 0 Å². The molecule has 15 heavy (non-hydrogen) atoms. The Bertz CT molecular complexity index is 337. The molecule has 0 nitrogen and oxygen atoms in total. The molecular weight excluding hydrogens is 301 g/mol. The predicted molar refractivity (Wildman–Crippen MR) is 83.1 cm³/mol. The third-order valence-corrected chi connectivity index (χ3v) is 10.2. The second-order valence-electron chi connectivity index (χ2n) is 2.91. The lowest BCUT2D eigenvalue weighted by atomic mass is 10.6. The normalized spacial score (nSPS) is 26.1. The summed E-state index contributed by atoms with van der Waals surface area (Å²) in [6.45, 7) is 0. The van der Waals surface area contributed by atoms with Gasteiger partial charge in [0.25, 0.3) is 0 Å². The molecule has 0 N–H and O–H groups in total. The molecule has 80 valence electrons. The largest absolute Gasteiger partial charge is 0.118 e. The molecular formula is C9H8S6. The van der Waals surface area contributed by atoms with Crippen molar-refractivity contribution in [1.29, 1.82) is 0 Å². The smallest absolute Gasteiger partial charge is 0.0710 e. The average molecular weight is 309 g/mol. The van der Waals surface area contributed by atoms with Crippen LogP contribution in [0.15, 0.2) is 27.8 Å². The molecule has 0 amide bonds. The van der Waals surface area contributed by atoms with Crippen LogP contribution in [0.3, 0.4) is 0 Å². The molecule has 0 aliphatic carbocycles. The van der Waals surface area contributed by atoms with Crippen LogP contribution in [-0.4, -0.2) is 11.5 Å². The van der Waals surface area contributed by atoms with Crippen LogP contribution in [0.2, 0.25) is 0 Å². The summed E-state index contributed by atoms with van der Waals surface area (Å²) in [4.78, 5) is 0. The molecule has 6 heteroatoms. The Labute approximate surface area is 115 Å². The Balaban J connectivity index is 1.77. The minimum absolute atomic E-state index is 1.30. The van der Waals surface area contributed by atoms with Gasteiger partial charge in [-0.25, -0.2) is 0 Å². The number of hydrogen-bond donors (Lipinski definition) is 0. The highest BCUT2D eigenvalue weighted by Gasteiger charge is 2.26. The van der Waals surface area contributed by atoms with E-state index in [2.05, 4.69) is 10.8 Å². The fourth-order valence-electron chi connectivity index (χ4n) is 1.23. The fraction of sp³-hybridized carbons (Fsp3) is 0.333. The monoisotopic (exact) mass is 308 g/mol. The zero-order chi connectivity index (χ0) is 10.1. The zero-order valence-electron chi connectivity index (χ0n) is 7.73. The Morgan fingerprint density at radius 3 is 1.93 bits per heavy atom. The van der Waals surface area contributed by atoms with Crippen LogP contribution < -0.4 is 0 Å². The Morgan fingerprint density at radius 2 is 1.33 bits per heavy atom. The zero-order valence-corrected chi connectivity index (χ0v) is 12.6. The molecule has 0 atom stereocenters. The summed E-state index contributed by atoms with van der Waals surface area (Å²) >= 11 is 11.8. The molecule has 1 saturated heterocycles. The number of thioether (sulfide) groups is 6. The summed E-state index contributed by atoms with van der Waals surface area (Å²) in [5, 5.41) is 4.37. The van der Waals surface area contributed by atoms with E-state index in [4.69, 9.17) is 0 Å². The first-order valence-electron chi connectivity index (χ1n) is 4.52. The van der Waals surface area contributed by atoms with Crippen molar-refractivity contribution in [3.63, 3.8) is 0 Å². The van der Waals surface area contributed by atoms with Crippen LogP contribution in [0, 0.1) is 0 Å². The lowest BCUT2D eigenvalue weighted by Gasteiger charge is -2.14. The van der Waals surface area contributed by atoms with Gasteiger partial charge < -0.3 is 0 Å². The summed E-state index contributed by atoms with van der Waals surface area (Å²) in [5.41, 5.74) is 0. The fourth-order valence-corrected chi connectivity index (χ4v) is 9.47. The van der Waals surface area contributed by atoms with E-state index in [0.717, 1.165) is 0 Å². The summed E-state index contributed by atoms with van der Waals surface area (Å²) in [6, 6.07) is 0. The molecule has 0 radical (unpaired) electrons. The Hall–Kier alpha value is 1.32. The van der Waals surface area contributed by atoms with E-state index in [9.17, 15) is 0 Å². The molecule has 1 fully saturated rings. The summed E-state index contributed by atoms with van der Waals surface area (Å²) < 4.78 is 6.06. The summed E-state index contributed by atoms with van der Waals surface area (Å²) in [5.74, 6) is 2.60. The molecule has 0 aromatic heterocycles. The molecule has 0 aromatic rings. The second kappa shape index (κ2) is 5.31. The summed E-state index contributed by atoms with van der Waals surface area (Å²) in [6.07, 6.45) is 1.36. The maximum Gasteiger partial charge on any atom is 0.0710 e. The molecule has 0 aromatic carbocycles. The van der Waals surface area contributed by atoms with Gasteiger partial charge in [-0.1, -0.05) is 47.0 Å². The van der Waals surface area contributed by atoms with Gasteiger partial charge in [0.1, 0.15) is 0 Å². The molecule has 0 unspecified atom stereocenters. The molecule has 3 rings (SSSR count). The quantitative estimate of drug-likeness (QED) is 0.572. The van der Waals surface area contributed by atoms with E-state index in [-0.39, 0.29) is 0 Å². The van der Waals surface area contributed by atoms with Gasteiger partial charge >= 0.3 is 0 Å².